The fourth-order valence-corrected chi connectivity index (χ4v) is 3.23. The van der Waals surface area contributed by atoms with E-state index in [-0.39, 0.29) is 5.92 Å². The van der Waals surface area contributed by atoms with Crippen molar-refractivity contribution in [1.82, 2.24) is 4.90 Å². The molecular formula is C14H25NO2. The quantitative estimate of drug-likeness (QED) is 0.738. The summed E-state index contributed by atoms with van der Waals surface area (Å²) < 4.78 is 5.46. The summed E-state index contributed by atoms with van der Waals surface area (Å²) in [6.07, 6.45) is 3.10. The lowest BCUT2D eigenvalue weighted by Crippen LogP contribution is -2.41. The number of carbonyl (C=O) groups excluding carboxylic acids is 1. The first-order chi connectivity index (χ1) is 8.16. The van der Waals surface area contributed by atoms with Crippen LogP contribution >= 0.6 is 0 Å². The molecule has 0 aromatic carbocycles. The monoisotopic (exact) mass is 239 g/mol. The summed E-state index contributed by atoms with van der Waals surface area (Å²) >= 11 is 0. The van der Waals surface area contributed by atoms with E-state index < -0.39 is 0 Å². The summed E-state index contributed by atoms with van der Waals surface area (Å²) in [5.74, 6) is 1.89. The minimum absolute atomic E-state index is 0.268. The van der Waals surface area contributed by atoms with E-state index in [0.717, 1.165) is 45.7 Å². The molecule has 3 heteroatoms. The first kappa shape index (κ1) is 13.0. The highest BCUT2D eigenvalue weighted by Gasteiger charge is 2.33. The predicted molar refractivity (Wildman–Crippen MR) is 67.9 cm³/mol. The number of Topliss-reactive ketones (excluding diaryl/α,β-unsaturated/α-hetero) is 1. The smallest absolute Gasteiger partial charge is 0.137 e. The molecule has 17 heavy (non-hydrogen) atoms. The second kappa shape index (κ2) is 5.96. The van der Waals surface area contributed by atoms with E-state index in [2.05, 4.69) is 18.7 Å². The van der Waals surface area contributed by atoms with Gasteiger partial charge in [0.2, 0.25) is 0 Å². The molecule has 1 saturated heterocycles. The summed E-state index contributed by atoms with van der Waals surface area (Å²) in [6.45, 7) is 9.18. The van der Waals surface area contributed by atoms with Crippen LogP contribution in [0.15, 0.2) is 0 Å². The molecule has 3 nitrogen and oxygen atoms in total. The molecule has 2 fully saturated rings. The molecule has 0 aromatic rings. The van der Waals surface area contributed by atoms with Gasteiger partial charge in [-0.25, -0.2) is 0 Å². The lowest BCUT2D eigenvalue weighted by Gasteiger charge is -2.34. The molecule has 0 amide bonds. The van der Waals surface area contributed by atoms with Crippen LogP contribution in [0.2, 0.25) is 0 Å². The fraction of sp³-hybridized carbons (Fsp3) is 0.929. The minimum Gasteiger partial charge on any atom is -0.380 e. The van der Waals surface area contributed by atoms with Gasteiger partial charge in [0, 0.05) is 38.6 Å². The van der Waals surface area contributed by atoms with Gasteiger partial charge < -0.3 is 9.64 Å². The molecule has 2 rings (SSSR count). The number of rotatable bonds is 2. The maximum Gasteiger partial charge on any atom is 0.137 e. The number of carbonyl (C=O) groups is 1. The number of nitrogens with zero attached hydrogens (tertiary/aromatic N) is 1. The molecule has 0 N–H and O–H groups in total. The second-order valence-corrected chi connectivity index (χ2v) is 5.86. The van der Waals surface area contributed by atoms with E-state index in [1.54, 1.807) is 0 Å². The third-order valence-corrected chi connectivity index (χ3v) is 4.19. The van der Waals surface area contributed by atoms with Gasteiger partial charge in [-0.2, -0.15) is 0 Å². The van der Waals surface area contributed by atoms with Crippen LogP contribution in [0.25, 0.3) is 0 Å². The molecule has 2 aliphatic rings. The third kappa shape index (κ3) is 3.52. The summed E-state index contributed by atoms with van der Waals surface area (Å²) in [7, 11) is 0. The highest BCUT2D eigenvalue weighted by molar-refractivity contribution is 5.82. The van der Waals surface area contributed by atoms with Crippen molar-refractivity contribution in [2.45, 2.75) is 33.1 Å². The van der Waals surface area contributed by atoms with Gasteiger partial charge in [0.25, 0.3) is 0 Å². The summed E-state index contributed by atoms with van der Waals surface area (Å²) in [6, 6.07) is 0. The standard InChI is InChI=1S/C14H25NO2/c1-11-8-12(2)13(14(16)9-11)10-15-4-3-6-17-7-5-15/h11-13H,3-10H2,1-2H3. The second-order valence-electron chi connectivity index (χ2n) is 5.86. The Hall–Kier alpha value is -0.410. The Morgan fingerprint density at radius 1 is 1.29 bits per heavy atom. The zero-order valence-corrected chi connectivity index (χ0v) is 11.2. The molecule has 0 spiro atoms. The van der Waals surface area contributed by atoms with Gasteiger partial charge in [-0.15, -0.1) is 0 Å². The van der Waals surface area contributed by atoms with E-state index in [1.165, 1.54) is 6.42 Å². The number of hydrogen-bond acceptors (Lipinski definition) is 3. The highest BCUT2D eigenvalue weighted by Crippen LogP contribution is 2.31. The van der Waals surface area contributed by atoms with E-state index >= 15 is 0 Å². The van der Waals surface area contributed by atoms with Gasteiger partial charge in [-0.05, 0) is 24.7 Å². The van der Waals surface area contributed by atoms with Crippen molar-refractivity contribution >= 4 is 5.78 Å². The first-order valence-electron chi connectivity index (χ1n) is 6.99. The Labute approximate surface area is 105 Å². The van der Waals surface area contributed by atoms with Gasteiger partial charge in [-0.3, -0.25) is 4.79 Å². The highest BCUT2D eigenvalue weighted by atomic mass is 16.5. The minimum atomic E-state index is 0.268. The Bertz CT molecular complexity index is 259. The summed E-state index contributed by atoms with van der Waals surface area (Å²) in [5.41, 5.74) is 0. The van der Waals surface area contributed by atoms with Crippen molar-refractivity contribution in [1.29, 1.82) is 0 Å². The molecule has 1 aliphatic carbocycles. The van der Waals surface area contributed by atoms with Crippen molar-refractivity contribution in [3.63, 3.8) is 0 Å². The largest absolute Gasteiger partial charge is 0.380 e. The lowest BCUT2D eigenvalue weighted by molar-refractivity contribution is -0.128. The van der Waals surface area contributed by atoms with Crippen LogP contribution in [0, 0.1) is 17.8 Å². The number of hydrogen-bond donors (Lipinski definition) is 0. The van der Waals surface area contributed by atoms with E-state index in [0.29, 0.717) is 17.6 Å². The average molecular weight is 239 g/mol. The molecule has 3 unspecified atom stereocenters. The molecule has 98 valence electrons. The molecule has 0 aromatic heterocycles. The predicted octanol–water partition coefficient (Wildman–Crippen LogP) is 1.96. The Kier molecular flexibility index (Phi) is 4.57. The van der Waals surface area contributed by atoms with Crippen LogP contribution in [0.5, 0.6) is 0 Å². The van der Waals surface area contributed by atoms with Crippen LogP contribution < -0.4 is 0 Å². The molecule has 1 heterocycles. The number of ketones is 1. The van der Waals surface area contributed by atoms with Crippen molar-refractivity contribution < 1.29 is 9.53 Å². The zero-order chi connectivity index (χ0) is 12.3. The fourth-order valence-electron chi connectivity index (χ4n) is 3.23. The molecular weight excluding hydrogens is 214 g/mol. The first-order valence-corrected chi connectivity index (χ1v) is 6.99. The SMILES string of the molecule is CC1CC(=O)C(CN2CCCOCC2)C(C)C1. The Morgan fingerprint density at radius 3 is 2.88 bits per heavy atom. The van der Waals surface area contributed by atoms with Gasteiger partial charge >= 0.3 is 0 Å². The lowest BCUT2D eigenvalue weighted by atomic mass is 9.74. The van der Waals surface area contributed by atoms with Crippen LogP contribution in [-0.4, -0.2) is 43.5 Å². The molecule has 0 radical (unpaired) electrons. The van der Waals surface area contributed by atoms with Gasteiger partial charge in [0.1, 0.15) is 5.78 Å². The van der Waals surface area contributed by atoms with Crippen molar-refractivity contribution in [2.24, 2.45) is 17.8 Å². The van der Waals surface area contributed by atoms with Crippen molar-refractivity contribution in [3.05, 3.63) is 0 Å². The molecule has 3 atom stereocenters. The van der Waals surface area contributed by atoms with Gasteiger partial charge in [-0.1, -0.05) is 13.8 Å². The van der Waals surface area contributed by atoms with Crippen LogP contribution in [0.1, 0.15) is 33.1 Å². The maximum atomic E-state index is 12.1. The third-order valence-electron chi connectivity index (χ3n) is 4.19. The molecule has 1 saturated carbocycles. The van der Waals surface area contributed by atoms with Crippen LogP contribution in [0.4, 0.5) is 0 Å². The normalized spacial score (nSPS) is 36.8. The van der Waals surface area contributed by atoms with Gasteiger partial charge in [0.05, 0.1) is 6.61 Å². The average Bonchev–Trinajstić information content (AvgIpc) is 2.51. The van der Waals surface area contributed by atoms with E-state index in [1.807, 2.05) is 0 Å². The van der Waals surface area contributed by atoms with Crippen molar-refractivity contribution in [3.8, 4) is 0 Å². The zero-order valence-electron chi connectivity index (χ0n) is 11.2. The van der Waals surface area contributed by atoms with E-state index in [9.17, 15) is 4.79 Å². The molecule has 1 aliphatic heterocycles. The Balaban J connectivity index is 1.89. The van der Waals surface area contributed by atoms with Crippen LogP contribution in [0.3, 0.4) is 0 Å². The van der Waals surface area contributed by atoms with Crippen LogP contribution in [-0.2, 0) is 9.53 Å². The summed E-state index contributed by atoms with van der Waals surface area (Å²) in [5, 5.41) is 0. The number of ether oxygens (including phenoxy) is 1. The van der Waals surface area contributed by atoms with Gasteiger partial charge in [0.15, 0.2) is 0 Å². The van der Waals surface area contributed by atoms with E-state index in [4.69, 9.17) is 4.74 Å². The summed E-state index contributed by atoms with van der Waals surface area (Å²) in [4.78, 5) is 14.5. The van der Waals surface area contributed by atoms with Crippen molar-refractivity contribution in [2.75, 3.05) is 32.8 Å². The topological polar surface area (TPSA) is 29.5 Å². The molecule has 0 bridgehead atoms. The maximum absolute atomic E-state index is 12.1. The Morgan fingerprint density at radius 2 is 2.12 bits per heavy atom.